The Morgan fingerprint density at radius 2 is 1.59 bits per heavy atom. The van der Waals surface area contributed by atoms with Gasteiger partial charge in [-0.05, 0) is 74.9 Å². The minimum Gasteiger partial charge on any atom is -0.366 e. The van der Waals surface area contributed by atoms with Crippen molar-refractivity contribution in [2.75, 3.05) is 16.0 Å². The zero-order chi connectivity index (χ0) is 26.8. The van der Waals surface area contributed by atoms with E-state index in [1.165, 1.54) is 6.20 Å². The van der Waals surface area contributed by atoms with Gasteiger partial charge in [-0.3, -0.25) is 14.6 Å². The van der Waals surface area contributed by atoms with E-state index in [1.807, 2.05) is 18.2 Å². The number of nitrogens with two attached hydrogens (primary N) is 1. The van der Waals surface area contributed by atoms with Crippen LogP contribution >= 0.6 is 0 Å². The zero-order valence-electron chi connectivity index (χ0n) is 21.4. The molecule has 6 rings (SSSR count). The highest BCUT2D eigenvalue weighted by atomic mass is 16.2. The Morgan fingerprint density at radius 1 is 0.872 bits per heavy atom. The lowest BCUT2D eigenvalue weighted by molar-refractivity contribution is 0.0950. The largest absolute Gasteiger partial charge is 0.366 e. The Kier molecular flexibility index (Phi) is 6.80. The van der Waals surface area contributed by atoms with Crippen molar-refractivity contribution >= 4 is 40.3 Å². The predicted molar refractivity (Wildman–Crippen MR) is 149 cm³/mol. The Balaban J connectivity index is 1.29. The Labute approximate surface area is 225 Å². The molecule has 0 atom stereocenters. The van der Waals surface area contributed by atoms with E-state index >= 15 is 0 Å². The highest BCUT2D eigenvalue weighted by Crippen LogP contribution is 2.27. The normalized spacial score (nSPS) is 18.9. The fourth-order valence-electron chi connectivity index (χ4n) is 4.75. The number of nitrogens with one attached hydrogen (secondary N) is 4. The van der Waals surface area contributed by atoms with Crippen molar-refractivity contribution in [3.8, 4) is 0 Å². The number of carbonyl (C=O) groups excluding carboxylic acids is 2. The van der Waals surface area contributed by atoms with E-state index in [1.54, 1.807) is 41.2 Å². The van der Waals surface area contributed by atoms with Gasteiger partial charge in [0.05, 0.1) is 11.9 Å². The van der Waals surface area contributed by atoms with Gasteiger partial charge >= 0.3 is 0 Å². The summed E-state index contributed by atoms with van der Waals surface area (Å²) in [5.74, 6) is 0.230. The molecule has 2 aliphatic rings. The molecular weight excluding hydrogens is 494 g/mol. The molecule has 1 aromatic carbocycles. The van der Waals surface area contributed by atoms with Gasteiger partial charge in [0.25, 0.3) is 11.8 Å². The SMILES string of the molecule is N[C@H]1CC[C@H](Nc2cc(Nc3ccc(C(=O)NC4CC4)cc3)c3ncc(C(=O)Nc4ccncc4)n3n2)CC1. The minimum absolute atomic E-state index is 0.0628. The summed E-state index contributed by atoms with van der Waals surface area (Å²) in [4.78, 5) is 34.0. The highest BCUT2D eigenvalue weighted by molar-refractivity contribution is 6.03. The van der Waals surface area contributed by atoms with Crippen molar-refractivity contribution in [1.82, 2.24) is 24.9 Å². The Bertz CT molecular complexity index is 1470. The van der Waals surface area contributed by atoms with Gasteiger partial charge < -0.3 is 27.0 Å². The van der Waals surface area contributed by atoms with E-state index in [2.05, 4.69) is 31.2 Å². The number of hydrogen-bond acceptors (Lipinski definition) is 8. The molecule has 0 aliphatic heterocycles. The first kappa shape index (κ1) is 24.8. The predicted octanol–water partition coefficient (Wildman–Crippen LogP) is 3.69. The molecule has 2 fully saturated rings. The quantitative estimate of drug-likeness (QED) is 0.234. The lowest BCUT2D eigenvalue weighted by atomic mass is 9.92. The standard InChI is InChI=1S/C28H31N9O2/c29-18-3-7-20(8-4-18)33-25-15-23(32-19-5-1-17(2-6-19)27(38)34-21-9-10-21)26-31-16-24(37(26)36-25)28(39)35-22-11-13-30-14-12-22/h1-2,5-6,11-16,18,20-21,32H,3-4,7-10,29H2,(H,33,36)(H,34,38)(H,30,35,39)/t18-,20-. The van der Waals surface area contributed by atoms with E-state index in [4.69, 9.17) is 10.8 Å². The van der Waals surface area contributed by atoms with E-state index < -0.39 is 0 Å². The molecule has 0 unspecified atom stereocenters. The van der Waals surface area contributed by atoms with E-state index in [9.17, 15) is 9.59 Å². The minimum atomic E-state index is -0.334. The van der Waals surface area contributed by atoms with Crippen LogP contribution in [0.15, 0.2) is 61.1 Å². The highest BCUT2D eigenvalue weighted by Gasteiger charge is 2.24. The average molecular weight is 526 g/mol. The number of pyridine rings is 1. The van der Waals surface area contributed by atoms with Crippen LogP contribution in [0, 0.1) is 0 Å². The number of fused-ring (bicyclic) bond motifs is 1. The summed E-state index contributed by atoms with van der Waals surface area (Å²) in [6.07, 6.45) is 10.6. The summed E-state index contributed by atoms with van der Waals surface area (Å²) in [6.45, 7) is 0. The number of rotatable bonds is 8. The molecule has 0 radical (unpaired) electrons. The van der Waals surface area contributed by atoms with Crippen LogP contribution in [0.2, 0.25) is 0 Å². The second kappa shape index (κ2) is 10.7. The fraction of sp³-hybridized carbons (Fsp3) is 0.321. The summed E-state index contributed by atoms with van der Waals surface area (Å²) in [7, 11) is 0. The van der Waals surface area contributed by atoms with Crippen LogP contribution in [0.3, 0.4) is 0 Å². The molecule has 3 aromatic heterocycles. The van der Waals surface area contributed by atoms with Crippen LogP contribution in [0.5, 0.6) is 0 Å². The lowest BCUT2D eigenvalue weighted by Crippen LogP contribution is -2.33. The number of carbonyl (C=O) groups is 2. The summed E-state index contributed by atoms with van der Waals surface area (Å²) in [6, 6.07) is 13.4. The van der Waals surface area contributed by atoms with Crippen molar-refractivity contribution in [3.63, 3.8) is 0 Å². The van der Waals surface area contributed by atoms with Crippen LogP contribution in [-0.2, 0) is 0 Å². The van der Waals surface area contributed by atoms with Crippen LogP contribution < -0.4 is 27.0 Å². The maximum absolute atomic E-state index is 13.2. The molecule has 0 bridgehead atoms. The first-order valence-corrected chi connectivity index (χ1v) is 13.3. The van der Waals surface area contributed by atoms with Crippen LogP contribution in [0.25, 0.3) is 5.65 Å². The monoisotopic (exact) mass is 525 g/mol. The number of nitrogens with zero attached hydrogens (tertiary/aromatic N) is 4. The summed E-state index contributed by atoms with van der Waals surface area (Å²) in [5.41, 5.74) is 9.59. The smallest absolute Gasteiger partial charge is 0.276 e. The molecule has 11 heteroatoms. The maximum Gasteiger partial charge on any atom is 0.276 e. The fourth-order valence-corrected chi connectivity index (χ4v) is 4.75. The van der Waals surface area contributed by atoms with Crippen LogP contribution in [0.4, 0.5) is 22.9 Å². The van der Waals surface area contributed by atoms with Crippen LogP contribution in [-0.4, -0.2) is 49.5 Å². The van der Waals surface area contributed by atoms with Gasteiger partial charge in [0.15, 0.2) is 11.3 Å². The average Bonchev–Trinajstić information content (AvgIpc) is 3.65. The zero-order valence-corrected chi connectivity index (χ0v) is 21.4. The molecule has 2 aliphatic carbocycles. The Hall–Kier alpha value is -4.51. The van der Waals surface area contributed by atoms with Crippen molar-refractivity contribution < 1.29 is 9.59 Å². The van der Waals surface area contributed by atoms with Crippen molar-refractivity contribution in [2.24, 2.45) is 5.73 Å². The molecule has 2 saturated carbocycles. The van der Waals surface area contributed by atoms with Crippen molar-refractivity contribution in [2.45, 2.75) is 56.7 Å². The number of imidazole rings is 1. The first-order valence-electron chi connectivity index (χ1n) is 13.3. The van der Waals surface area contributed by atoms with Crippen molar-refractivity contribution in [3.05, 3.63) is 72.3 Å². The van der Waals surface area contributed by atoms with Gasteiger partial charge in [0, 0.05) is 53.5 Å². The molecule has 6 N–H and O–H groups in total. The van der Waals surface area contributed by atoms with E-state index in [0.29, 0.717) is 40.1 Å². The molecule has 0 spiro atoms. The van der Waals surface area contributed by atoms with Gasteiger partial charge in [0.2, 0.25) is 0 Å². The number of anilines is 4. The van der Waals surface area contributed by atoms with E-state index in [-0.39, 0.29) is 23.9 Å². The summed E-state index contributed by atoms with van der Waals surface area (Å²) in [5, 5.41) is 17.5. The van der Waals surface area contributed by atoms with Gasteiger partial charge in [-0.25, -0.2) is 9.50 Å². The van der Waals surface area contributed by atoms with E-state index in [0.717, 1.165) is 44.2 Å². The molecule has 4 aromatic rings. The molecule has 3 heterocycles. The number of amides is 2. The van der Waals surface area contributed by atoms with Crippen LogP contribution in [0.1, 0.15) is 59.4 Å². The summed E-state index contributed by atoms with van der Waals surface area (Å²) < 4.78 is 1.55. The number of aromatic nitrogens is 4. The maximum atomic E-state index is 13.2. The molecular formula is C28H31N9O2. The number of hydrogen-bond donors (Lipinski definition) is 5. The van der Waals surface area contributed by atoms with Gasteiger partial charge in [-0.2, -0.15) is 0 Å². The third kappa shape index (κ3) is 5.83. The third-order valence-corrected chi connectivity index (χ3v) is 7.10. The topological polar surface area (TPSA) is 151 Å². The second-order valence-corrected chi connectivity index (χ2v) is 10.2. The molecule has 200 valence electrons. The van der Waals surface area contributed by atoms with Gasteiger partial charge in [0.1, 0.15) is 5.82 Å². The Morgan fingerprint density at radius 3 is 2.31 bits per heavy atom. The molecule has 2 amide bonds. The molecule has 0 saturated heterocycles. The van der Waals surface area contributed by atoms with Gasteiger partial charge in [-0.1, -0.05) is 0 Å². The lowest BCUT2D eigenvalue weighted by Gasteiger charge is -2.27. The molecule has 11 nitrogen and oxygen atoms in total. The molecule has 39 heavy (non-hydrogen) atoms. The second-order valence-electron chi connectivity index (χ2n) is 10.2. The van der Waals surface area contributed by atoms with Gasteiger partial charge in [-0.15, -0.1) is 5.10 Å². The number of benzene rings is 1. The van der Waals surface area contributed by atoms with Crippen molar-refractivity contribution in [1.29, 1.82) is 0 Å². The summed E-state index contributed by atoms with van der Waals surface area (Å²) >= 11 is 0. The third-order valence-electron chi connectivity index (χ3n) is 7.10. The first-order chi connectivity index (χ1) is 19.0.